The monoisotopic (exact) mass is 255 g/mol. The first kappa shape index (κ1) is 12.3. The fourth-order valence-corrected chi connectivity index (χ4v) is 5.54. The highest BCUT2D eigenvalue weighted by Gasteiger charge is 2.41. The molecular weight excluding hydrogens is 230 g/mol. The number of aliphatic hydroxyl groups excluding tert-OH is 1. The van der Waals surface area contributed by atoms with Crippen molar-refractivity contribution in [2.24, 2.45) is 17.8 Å². The summed E-state index contributed by atoms with van der Waals surface area (Å²) in [5, 5.41) is 10.5. The summed E-state index contributed by atoms with van der Waals surface area (Å²) in [4.78, 5) is 2.37. The standard InChI is InChI=1S/C14H25NOS/c1-15-4-5-17-9-13(15)14(16)8-12-7-10-2-3-11(12)6-10/h10-14,16H,2-9H2,1H3. The van der Waals surface area contributed by atoms with Gasteiger partial charge >= 0.3 is 0 Å². The van der Waals surface area contributed by atoms with Crippen LogP contribution in [0, 0.1) is 17.8 Å². The molecule has 0 aromatic rings. The van der Waals surface area contributed by atoms with Crippen molar-refractivity contribution >= 4 is 11.8 Å². The molecule has 5 unspecified atom stereocenters. The molecule has 0 radical (unpaired) electrons. The second kappa shape index (κ2) is 5.10. The molecule has 5 atom stereocenters. The first-order valence-electron chi connectivity index (χ1n) is 7.20. The molecule has 1 heterocycles. The van der Waals surface area contributed by atoms with Gasteiger partial charge in [-0.2, -0.15) is 11.8 Å². The van der Waals surface area contributed by atoms with E-state index in [9.17, 15) is 5.11 Å². The summed E-state index contributed by atoms with van der Waals surface area (Å²) in [6.07, 6.45) is 6.76. The normalized spacial score (nSPS) is 44.1. The summed E-state index contributed by atoms with van der Waals surface area (Å²) in [7, 11) is 2.18. The Hall–Kier alpha value is 0.270. The van der Waals surface area contributed by atoms with Gasteiger partial charge in [-0.1, -0.05) is 6.42 Å². The Balaban J connectivity index is 1.54. The number of fused-ring (bicyclic) bond motifs is 2. The van der Waals surface area contributed by atoms with Gasteiger partial charge in [0.1, 0.15) is 0 Å². The second-order valence-electron chi connectivity index (χ2n) is 6.36. The smallest absolute Gasteiger partial charge is 0.0706 e. The molecule has 1 aliphatic heterocycles. The molecule has 98 valence electrons. The Kier molecular flexibility index (Phi) is 3.69. The second-order valence-corrected chi connectivity index (χ2v) is 7.51. The van der Waals surface area contributed by atoms with Crippen molar-refractivity contribution in [3.05, 3.63) is 0 Å². The first-order valence-corrected chi connectivity index (χ1v) is 8.35. The molecule has 0 aromatic carbocycles. The Bertz CT molecular complexity index is 273. The van der Waals surface area contributed by atoms with Crippen LogP contribution >= 0.6 is 11.8 Å². The van der Waals surface area contributed by atoms with Crippen molar-refractivity contribution < 1.29 is 5.11 Å². The van der Waals surface area contributed by atoms with E-state index in [0.29, 0.717) is 6.04 Å². The SMILES string of the molecule is CN1CCSCC1C(O)CC1CC2CCC1C2. The molecule has 3 heteroatoms. The molecule has 2 aliphatic carbocycles. The predicted molar refractivity (Wildman–Crippen MR) is 73.3 cm³/mol. The summed E-state index contributed by atoms with van der Waals surface area (Å²) in [6, 6.07) is 0.410. The fraction of sp³-hybridized carbons (Fsp3) is 1.00. The maximum Gasteiger partial charge on any atom is 0.0706 e. The van der Waals surface area contributed by atoms with E-state index in [4.69, 9.17) is 0 Å². The minimum Gasteiger partial charge on any atom is -0.391 e. The predicted octanol–water partition coefficient (Wildman–Crippen LogP) is 2.22. The third-order valence-electron chi connectivity index (χ3n) is 5.32. The number of aliphatic hydroxyl groups is 1. The average Bonchev–Trinajstić information content (AvgIpc) is 2.91. The zero-order valence-corrected chi connectivity index (χ0v) is 11.7. The number of thioether (sulfide) groups is 1. The van der Waals surface area contributed by atoms with Crippen LogP contribution in [0.3, 0.4) is 0 Å². The summed E-state index contributed by atoms with van der Waals surface area (Å²) in [5.41, 5.74) is 0. The largest absolute Gasteiger partial charge is 0.391 e. The number of rotatable bonds is 3. The van der Waals surface area contributed by atoms with Crippen LogP contribution in [0.1, 0.15) is 32.1 Å². The van der Waals surface area contributed by atoms with Gasteiger partial charge in [-0.3, -0.25) is 4.90 Å². The van der Waals surface area contributed by atoms with Gasteiger partial charge in [-0.05, 0) is 50.5 Å². The van der Waals surface area contributed by atoms with E-state index in [1.165, 1.54) is 31.4 Å². The average molecular weight is 255 g/mol. The lowest BCUT2D eigenvalue weighted by Crippen LogP contribution is -2.47. The van der Waals surface area contributed by atoms with Gasteiger partial charge in [0.2, 0.25) is 0 Å². The topological polar surface area (TPSA) is 23.5 Å². The molecule has 3 aliphatic rings. The number of hydrogen-bond acceptors (Lipinski definition) is 3. The van der Waals surface area contributed by atoms with E-state index in [1.54, 1.807) is 0 Å². The third kappa shape index (κ3) is 2.52. The van der Waals surface area contributed by atoms with Gasteiger partial charge in [0, 0.05) is 24.1 Å². The maximum absolute atomic E-state index is 10.5. The van der Waals surface area contributed by atoms with Gasteiger partial charge < -0.3 is 5.11 Å². The van der Waals surface area contributed by atoms with Crippen molar-refractivity contribution in [2.75, 3.05) is 25.1 Å². The summed E-state index contributed by atoms with van der Waals surface area (Å²) in [6.45, 7) is 1.14. The van der Waals surface area contributed by atoms with E-state index in [0.717, 1.165) is 36.5 Å². The van der Waals surface area contributed by atoms with Crippen LogP contribution in [0.4, 0.5) is 0 Å². The van der Waals surface area contributed by atoms with Crippen molar-refractivity contribution in [3.8, 4) is 0 Å². The molecular formula is C14H25NOS. The zero-order chi connectivity index (χ0) is 11.8. The highest BCUT2D eigenvalue weighted by atomic mass is 32.2. The highest BCUT2D eigenvalue weighted by molar-refractivity contribution is 7.99. The van der Waals surface area contributed by atoms with Gasteiger partial charge in [-0.25, -0.2) is 0 Å². The van der Waals surface area contributed by atoms with E-state index in [-0.39, 0.29) is 6.10 Å². The van der Waals surface area contributed by atoms with E-state index in [2.05, 4.69) is 11.9 Å². The fourth-order valence-electron chi connectivity index (χ4n) is 4.24. The lowest BCUT2D eigenvalue weighted by molar-refractivity contribution is 0.0484. The first-order chi connectivity index (χ1) is 8.24. The molecule has 0 spiro atoms. The number of hydrogen-bond donors (Lipinski definition) is 1. The molecule has 3 fully saturated rings. The van der Waals surface area contributed by atoms with Gasteiger partial charge in [0.25, 0.3) is 0 Å². The van der Waals surface area contributed by atoms with E-state index >= 15 is 0 Å². The Labute approximate surface area is 109 Å². The molecule has 1 N–H and O–H groups in total. The van der Waals surface area contributed by atoms with Crippen LogP contribution in [-0.4, -0.2) is 47.3 Å². The van der Waals surface area contributed by atoms with Crippen LogP contribution in [0.15, 0.2) is 0 Å². The van der Waals surface area contributed by atoms with Crippen molar-refractivity contribution in [1.29, 1.82) is 0 Å². The van der Waals surface area contributed by atoms with Gasteiger partial charge in [-0.15, -0.1) is 0 Å². The van der Waals surface area contributed by atoms with Crippen molar-refractivity contribution in [3.63, 3.8) is 0 Å². The Morgan fingerprint density at radius 1 is 1.35 bits per heavy atom. The molecule has 0 aromatic heterocycles. The molecule has 2 bridgehead atoms. The zero-order valence-electron chi connectivity index (χ0n) is 10.8. The lowest BCUT2D eigenvalue weighted by atomic mass is 9.83. The quantitative estimate of drug-likeness (QED) is 0.836. The molecule has 2 saturated carbocycles. The Morgan fingerprint density at radius 3 is 2.88 bits per heavy atom. The maximum atomic E-state index is 10.5. The van der Waals surface area contributed by atoms with E-state index in [1.807, 2.05) is 11.8 Å². The lowest BCUT2D eigenvalue weighted by Gasteiger charge is -2.37. The molecule has 3 rings (SSSR count). The van der Waals surface area contributed by atoms with Crippen LogP contribution in [0.5, 0.6) is 0 Å². The van der Waals surface area contributed by atoms with Gasteiger partial charge in [0.05, 0.1) is 6.10 Å². The van der Waals surface area contributed by atoms with Gasteiger partial charge in [0.15, 0.2) is 0 Å². The minimum absolute atomic E-state index is 0.0860. The van der Waals surface area contributed by atoms with Crippen molar-refractivity contribution in [1.82, 2.24) is 4.90 Å². The third-order valence-corrected chi connectivity index (χ3v) is 6.36. The molecule has 17 heavy (non-hydrogen) atoms. The molecule has 1 saturated heterocycles. The molecule has 2 nitrogen and oxygen atoms in total. The van der Waals surface area contributed by atoms with Crippen LogP contribution in [0.25, 0.3) is 0 Å². The molecule has 0 amide bonds. The van der Waals surface area contributed by atoms with Crippen LogP contribution in [-0.2, 0) is 0 Å². The summed E-state index contributed by atoms with van der Waals surface area (Å²) >= 11 is 2.01. The van der Waals surface area contributed by atoms with Crippen LogP contribution in [0.2, 0.25) is 0 Å². The number of nitrogens with zero attached hydrogens (tertiary/aromatic N) is 1. The Morgan fingerprint density at radius 2 is 2.24 bits per heavy atom. The van der Waals surface area contributed by atoms with Crippen molar-refractivity contribution in [2.45, 2.75) is 44.2 Å². The minimum atomic E-state index is -0.0860. The van der Waals surface area contributed by atoms with E-state index < -0.39 is 0 Å². The summed E-state index contributed by atoms with van der Waals surface area (Å²) < 4.78 is 0. The highest BCUT2D eigenvalue weighted by Crippen LogP contribution is 2.50. The summed E-state index contributed by atoms with van der Waals surface area (Å²) in [5.74, 6) is 5.16. The number of likely N-dealkylation sites (N-methyl/N-ethyl adjacent to an activating group) is 1. The van der Waals surface area contributed by atoms with Crippen LogP contribution < -0.4 is 0 Å².